The average molecular weight is 771 g/mol. The molecule has 12 heteroatoms. The highest BCUT2D eigenvalue weighted by molar-refractivity contribution is 7.98. The van der Waals surface area contributed by atoms with Crippen LogP contribution in [-0.2, 0) is 34.5 Å². The third-order valence-corrected chi connectivity index (χ3v) is 8.69. The number of likely N-dealkylation sites (tertiary alicyclic amines) is 1. The molecule has 0 aliphatic carbocycles. The molecule has 1 amide bonds. The van der Waals surface area contributed by atoms with Gasteiger partial charge in [0.2, 0.25) is 5.91 Å². The summed E-state index contributed by atoms with van der Waals surface area (Å²) in [6, 6.07) is -19.9. The molecule has 1 fully saturated rings. The first-order chi connectivity index (χ1) is 33.9. The van der Waals surface area contributed by atoms with E-state index in [4.69, 9.17) is 30.8 Å². The number of methoxy groups -OCH3 is 1. The number of amides is 1. The Morgan fingerprint density at radius 3 is 2.42 bits per heavy atom. The number of para-hydroxylation sites is 1. The fourth-order valence-electron chi connectivity index (χ4n) is 5.31. The average Bonchev–Trinajstić information content (AvgIpc) is 3.31. The maximum atomic E-state index is 15.6. The minimum absolute atomic E-state index is 0.00151. The zero-order valence-electron chi connectivity index (χ0n) is 48.7. The van der Waals surface area contributed by atoms with Gasteiger partial charge >= 0.3 is 6.18 Å². The lowest BCUT2D eigenvalue weighted by atomic mass is 9.98. The van der Waals surface area contributed by atoms with Crippen LogP contribution in [0.2, 0.25) is 0 Å². The minimum Gasteiger partial charge on any atom is -0.383 e. The van der Waals surface area contributed by atoms with Crippen molar-refractivity contribution in [1.82, 2.24) is 14.4 Å². The van der Waals surface area contributed by atoms with Gasteiger partial charge in [-0.15, -0.1) is 11.8 Å². The van der Waals surface area contributed by atoms with E-state index < -0.39 is 219 Å². The number of carbonyl (C=O) groups excluding carboxylic acids is 1. The van der Waals surface area contributed by atoms with Crippen LogP contribution in [0.3, 0.4) is 0 Å². The summed E-state index contributed by atoms with van der Waals surface area (Å²) in [7, 11) is 1.22. The zero-order valence-corrected chi connectivity index (χ0v) is 28.5. The van der Waals surface area contributed by atoms with Gasteiger partial charge in [-0.1, -0.05) is 60.4 Å². The number of aromatic nitrogens is 1. The lowest BCUT2D eigenvalue weighted by Crippen LogP contribution is -2.48. The summed E-state index contributed by atoms with van der Waals surface area (Å²) >= 11 is -0.527. The monoisotopic (exact) mass is 770 g/mol. The van der Waals surface area contributed by atoms with Crippen LogP contribution >= 0.6 is 11.8 Å². The van der Waals surface area contributed by atoms with E-state index in [1.165, 1.54) is 12.0 Å². The number of nitrogens with zero attached hydrogens (tertiary/aromatic N) is 3. The van der Waals surface area contributed by atoms with Crippen molar-refractivity contribution in [1.29, 1.82) is 0 Å². The summed E-state index contributed by atoms with van der Waals surface area (Å²) in [5.41, 5.74) is -13.2. The second-order valence-corrected chi connectivity index (χ2v) is 12.2. The molecule has 4 aromatic carbocycles. The Morgan fingerprint density at radius 1 is 0.981 bits per heavy atom. The lowest BCUT2D eigenvalue weighted by molar-refractivity contribution is -0.138. The van der Waals surface area contributed by atoms with Gasteiger partial charge in [0.15, 0.2) is 17.1 Å². The number of benzene rings is 4. The predicted octanol–water partition coefficient (Wildman–Crippen LogP) is 8.71. The number of thioether (sulfide) groups is 1. The molecule has 0 bridgehead atoms. The Hall–Kier alpha value is -4.52. The van der Waals surface area contributed by atoms with E-state index in [1.54, 1.807) is 0 Å². The number of piperidine rings is 1. The molecule has 5 aromatic rings. The van der Waals surface area contributed by atoms with E-state index in [9.17, 15) is 25.1 Å². The zero-order chi connectivity index (χ0) is 56.1. The van der Waals surface area contributed by atoms with E-state index in [0.717, 1.165) is 6.92 Å². The first-order valence-corrected chi connectivity index (χ1v) is 16.4. The van der Waals surface area contributed by atoms with Crippen molar-refractivity contribution < 1.29 is 60.3 Å². The number of alkyl halides is 3. The summed E-state index contributed by atoms with van der Waals surface area (Å²) in [5.74, 6) is -6.15. The van der Waals surface area contributed by atoms with Crippen LogP contribution in [0.4, 0.5) is 22.0 Å². The van der Waals surface area contributed by atoms with Gasteiger partial charge in [0, 0.05) is 67.5 Å². The first kappa shape index (κ1) is 19.7. The van der Waals surface area contributed by atoms with Crippen molar-refractivity contribution in [3.63, 3.8) is 0 Å². The Morgan fingerprint density at radius 2 is 1.70 bits per heavy atom. The van der Waals surface area contributed by atoms with Crippen LogP contribution in [0.5, 0.6) is 0 Å². The molecule has 0 saturated carbocycles. The molecule has 0 unspecified atom stereocenters. The smallest absolute Gasteiger partial charge is 0.383 e. The fourth-order valence-corrected chi connectivity index (χ4v) is 6.02. The third kappa shape index (κ3) is 9.00. The highest BCUT2D eigenvalue weighted by Gasteiger charge is 2.32. The minimum atomic E-state index is -5.23. The Kier molecular flexibility index (Phi) is 6.19. The van der Waals surface area contributed by atoms with Crippen molar-refractivity contribution in [2.75, 3.05) is 33.3 Å². The van der Waals surface area contributed by atoms with Gasteiger partial charge in [-0.3, -0.25) is 9.59 Å². The molecule has 0 N–H and O–H groups in total. The maximum Gasteiger partial charge on any atom is 0.416 e. The van der Waals surface area contributed by atoms with Gasteiger partial charge in [0.1, 0.15) is 6.50 Å². The number of halogens is 5. The highest BCUT2D eigenvalue weighted by Crippen LogP contribution is 2.34. The molecule has 0 atom stereocenters. The molecule has 1 aliphatic heterocycles. The molecule has 1 aliphatic rings. The fraction of sp³-hybridized carbons (Fsp3) is 0.317. The summed E-state index contributed by atoms with van der Waals surface area (Å²) < 4.78 is 259. The first-order valence-electron chi connectivity index (χ1n) is 26.1. The van der Waals surface area contributed by atoms with Crippen LogP contribution < -0.4 is 5.43 Å². The summed E-state index contributed by atoms with van der Waals surface area (Å²) in [6.07, 6.45) is -5.81. The molecular formula is C41H40F5N3O3S. The van der Waals surface area contributed by atoms with Crippen LogP contribution in [0, 0.1) is 18.6 Å². The van der Waals surface area contributed by atoms with Crippen LogP contribution in [0.1, 0.15) is 63.9 Å². The number of carbonyl (C=O) groups is 1. The van der Waals surface area contributed by atoms with Crippen molar-refractivity contribution >= 4 is 28.6 Å². The number of hydrogen-bond donors (Lipinski definition) is 0. The number of ether oxygens (including phenoxy) is 1. The number of pyridine rings is 1. The Balaban J connectivity index is 1.64. The van der Waals surface area contributed by atoms with E-state index in [-0.39, 0.29) is 30.5 Å². The molecule has 1 saturated heterocycles. The van der Waals surface area contributed by atoms with Gasteiger partial charge < -0.3 is 19.1 Å². The molecule has 0 radical (unpaired) electrons. The predicted molar refractivity (Wildman–Crippen MR) is 198 cm³/mol. The van der Waals surface area contributed by atoms with E-state index in [2.05, 4.69) is 0 Å². The van der Waals surface area contributed by atoms with Crippen molar-refractivity contribution in [3.05, 3.63) is 135 Å². The molecule has 278 valence electrons. The van der Waals surface area contributed by atoms with Crippen LogP contribution in [0.25, 0.3) is 22.0 Å². The molecular weight excluding hydrogens is 710 g/mol. The summed E-state index contributed by atoms with van der Waals surface area (Å²) in [6.45, 7) is -7.41. The molecule has 0 spiro atoms. The van der Waals surface area contributed by atoms with Gasteiger partial charge in [0.05, 0.1) is 46.0 Å². The van der Waals surface area contributed by atoms with Gasteiger partial charge in [-0.2, -0.15) is 13.2 Å². The molecule has 6 rings (SSSR count). The topological polar surface area (TPSA) is 54.8 Å². The van der Waals surface area contributed by atoms with Crippen molar-refractivity contribution in [2.24, 2.45) is 0 Å². The van der Waals surface area contributed by atoms with Crippen molar-refractivity contribution in [3.8, 4) is 11.1 Å². The van der Waals surface area contributed by atoms with E-state index in [0.29, 0.717) is 4.90 Å². The van der Waals surface area contributed by atoms with E-state index >= 15 is 9.18 Å². The van der Waals surface area contributed by atoms with E-state index in [1.807, 2.05) is 0 Å². The highest BCUT2D eigenvalue weighted by atomic mass is 32.2. The number of hydrogen-bond acceptors (Lipinski definition) is 5. The quantitative estimate of drug-likeness (QED) is 0.0940. The number of fused-ring (bicyclic) bond motifs is 1. The van der Waals surface area contributed by atoms with Crippen LogP contribution in [-0.4, -0.2) is 59.6 Å². The lowest BCUT2D eigenvalue weighted by Gasteiger charge is -2.39. The van der Waals surface area contributed by atoms with Crippen molar-refractivity contribution in [2.45, 2.75) is 55.8 Å². The molecule has 6 nitrogen and oxygen atoms in total. The summed E-state index contributed by atoms with van der Waals surface area (Å²) in [4.78, 5) is 31.3. The molecule has 53 heavy (non-hydrogen) atoms. The van der Waals surface area contributed by atoms with Gasteiger partial charge in [-0.05, 0) is 66.2 Å². The second-order valence-electron chi connectivity index (χ2n) is 11.4. The van der Waals surface area contributed by atoms with Gasteiger partial charge in [0.25, 0.3) is 0 Å². The third-order valence-electron chi connectivity index (χ3n) is 7.91. The number of rotatable bonds is 12. The molecule has 2 heterocycles. The van der Waals surface area contributed by atoms with Crippen LogP contribution in [0.15, 0.2) is 100 Å². The SMILES string of the molecule is [2H]c1c([2H])c(F)c(F)c(C([2H])([2H])Sc2c([2H])c(=O)c3c([2H])c([2H])c([2H])c([2H])c3n2C([2H])([2H])C(=O)N(Cc2c([2H])c([2H])c(-c3c([2H])c([2H])c(C(F)(F)F)c(C)c3[2H])c([2H])c2[2H])C2CCN(C([2H])([2H])COC)CC2)c1[2H]. The molecule has 1 aromatic heterocycles. The summed E-state index contributed by atoms with van der Waals surface area (Å²) in [5, 5.41) is -2.49. The Labute approximate surface area is 338 Å². The normalized spacial score (nSPS) is 20.6. The standard InChI is InChI=1S/C41H40F5N3O3S/c1-27-22-30(14-15-34(27)41(44,45)46)29-12-10-28(11-13-29)24-48(32-16-18-47(19-17-32)20-21-52-2)38(51)25-49-36-9-4-3-7-33(36)37(50)23-39(49)53-26-31-6-5-8-35(42)40(31)43/h3-15,22-23,32H,16-21,24-26H2,1-2H3/i3D,4D,5D,6D,7D,8D,9D,10D,11D,12D,13D,14D,15D,20D2,22D,23D,25D2,26D2. The largest absolute Gasteiger partial charge is 0.416 e. The second kappa shape index (κ2) is 16.7. The van der Waals surface area contributed by atoms with Gasteiger partial charge in [-0.25, -0.2) is 8.78 Å². The Bertz CT molecular complexity index is 3160. The maximum absolute atomic E-state index is 15.6.